The highest BCUT2D eigenvalue weighted by molar-refractivity contribution is 6.31. The van der Waals surface area contributed by atoms with Crippen molar-refractivity contribution in [2.75, 3.05) is 6.61 Å². The third-order valence-electron chi connectivity index (χ3n) is 5.74. The summed E-state index contributed by atoms with van der Waals surface area (Å²) in [7, 11) is 0. The first-order chi connectivity index (χ1) is 15.1. The van der Waals surface area contributed by atoms with Gasteiger partial charge in [0.2, 0.25) is 5.91 Å². The van der Waals surface area contributed by atoms with Gasteiger partial charge < -0.3 is 15.0 Å². The Morgan fingerprint density at radius 1 is 1.06 bits per heavy atom. The molecule has 6 heteroatoms. The van der Waals surface area contributed by atoms with Crippen molar-refractivity contribution in [2.45, 2.75) is 64.1 Å². The van der Waals surface area contributed by atoms with Crippen molar-refractivity contribution in [3.05, 3.63) is 65.2 Å². The van der Waals surface area contributed by atoms with Gasteiger partial charge in [0.1, 0.15) is 11.8 Å². The number of carbonyl (C=O) groups excluding carboxylic acids is 2. The van der Waals surface area contributed by atoms with Crippen LogP contribution in [0.15, 0.2) is 54.6 Å². The molecule has 1 aliphatic carbocycles. The topological polar surface area (TPSA) is 58.6 Å². The van der Waals surface area contributed by atoms with Gasteiger partial charge in [-0.05, 0) is 43.0 Å². The van der Waals surface area contributed by atoms with E-state index in [1.807, 2.05) is 43.3 Å². The maximum absolute atomic E-state index is 13.2. The van der Waals surface area contributed by atoms with Crippen LogP contribution in [-0.4, -0.2) is 35.4 Å². The van der Waals surface area contributed by atoms with Crippen molar-refractivity contribution in [3.8, 4) is 5.75 Å². The van der Waals surface area contributed by atoms with Gasteiger partial charge in [-0.15, -0.1) is 0 Å². The van der Waals surface area contributed by atoms with Gasteiger partial charge in [-0.1, -0.05) is 74.2 Å². The van der Waals surface area contributed by atoms with E-state index in [1.54, 1.807) is 23.1 Å². The smallest absolute Gasteiger partial charge is 0.261 e. The first-order valence-corrected chi connectivity index (χ1v) is 11.5. The molecule has 2 amide bonds. The van der Waals surface area contributed by atoms with Crippen LogP contribution in [0.2, 0.25) is 5.02 Å². The Bertz CT molecular complexity index is 853. The molecule has 1 aliphatic rings. The first-order valence-electron chi connectivity index (χ1n) is 11.1. The summed E-state index contributed by atoms with van der Waals surface area (Å²) < 4.78 is 5.69. The van der Waals surface area contributed by atoms with Crippen LogP contribution in [0.25, 0.3) is 0 Å². The zero-order chi connectivity index (χ0) is 22.1. The van der Waals surface area contributed by atoms with Gasteiger partial charge >= 0.3 is 0 Å². The summed E-state index contributed by atoms with van der Waals surface area (Å²) in [5.74, 6) is 0.275. The summed E-state index contributed by atoms with van der Waals surface area (Å²) in [5, 5.41) is 3.75. The molecular formula is C25H31ClN2O3. The number of rotatable bonds is 9. The molecule has 3 rings (SSSR count). The molecule has 2 aromatic carbocycles. The molecule has 0 saturated heterocycles. The van der Waals surface area contributed by atoms with Gasteiger partial charge in [-0.2, -0.15) is 0 Å². The lowest BCUT2D eigenvalue weighted by atomic mass is 9.95. The number of nitrogens with one attached hydrogen (secondary N) is 1. The normalized spacial score (nSPS) is 15.2. The number of ether oxygens (including phenoxy) is 1. The lowest BCUT2D eigenvalue weighted by molar-refractivity contribution is -0.143. The number of amides is 2. The fourth-order valence-corrected chi connectivity index (χ4v) is 4.21. The number of benzene rings is 2. The van der Waals surface area contributed by atoms with Crippen LogP contribution in [0.4, 0.5) is 0 Å². The molecule has 1 saturated carbocycles. The van der Waals surface area contributed by atoms with Crippen LogP contribution < -0.4 is 10.1 Å². The van der Waals surface area contributed by atoms with Gasteiger partial charge in [0.15, 0.2) is 6.61 Å². The summed E-state index contributed by atoms with van der Waals surface area (Å²) in [6.45, 7) is 2.05. The average Bonchev–Trinajstić information content (AvgIpc) is 2.80. The highest BCUT2D eigenvalue weighted by Gasteiger charge is 2.30. The molecule has 0 heterocycles. The number of hydrogen-bond donors (Lipinski definition) is 1. The highest BCUT2D eigenvalue weighted by Crippen LogP contribution is 2.22. The molecule has 0 aliphatic heterocycles. The molecule has 1 atom stereocenters. The molecule has 166 valence electrons. The standard InChI is InChI=1S/C25H31ClN2O3/c1-2-23(25(30)27-20-12-5-3-6-13-20)28(17-19-11-9-10-16-22(19)26)24(29)18-31-21-14-7-4-8-15-21/h4,7-11,14-16,20,23H,2-3,5-6,12-13,17-18H2,1H3,(H,27,30)/t23-/m0/s1. The van der Waals surface area contributed by atoms with Crippen LogP contribution in [0.1, 0.15) is 51.0 Å². The number of halogens is 1. The zero-order valence-corrected chi connectivity index (χ0v) is 18.8. The molecule has 2 aromatic rings. The van der Waals surface area contributed by atoms with Crippen molar-refractivity contribution >= 4 is 23.4 Å². The minimum atomic E-state index is -0.579. The summed E-state index contributed by atoms with van der Waals surface area (Å²) in [4.78, 5) is 28.0. The second-order valence-corrected chi connectivity index (χ2v) is 8.39. The summed E-state index contributed by atoms with van der Waals surface area (Å²) >= 11 is 6.36. The zero-order valence-electron chi connectivity index (χ0n) is 18.1. The molecule has 0 spiro atoms. The molecule has 1 fully saturated rings. The van der Waals surface area contributed by atoms with E-state index in [9.17, 15) is 9.59 Å². The molecule has 0 radical (unpaired) electrons. The average molecular weight is 443 g/mol. The van der Waals surface area contributed by atoms with E-state index in [-0.39, 0.29) is 31.0 Å². The van der Waals surface area contributed by atoms with Crippen LogP contribution in [-0.2, 0) is 16.1 Å². The Morgan fingerprint density at radius 3 is 2.42 bits per heavy atom. The van der Waals surface area contributed by atoms with Crippen LogP contribution >= 0.6 is 11.6 Å². The van der Waals surface area contributed by atoms with Crippen molar-refractivity contribution in [3.63, 3.8) is 0 Å². The van der Waals surface area contributed by atoms with Gasteiger partial charge in [0.25, 0.3) is 5.91 Å². The molecule has 0 bridgehead atoms. The van der Waals surface area contributed by atoms with Crippen LogP contribution in [0, 0.1) is 0 Å². The third kappa shape index (κ3) is 6.73. The lowest BCUT2D eigenvalue weighted by Gasteiger charge is -2.33. The van der Waals surface area contributed by atoms with Crippen molar-refractivity contribution in [2.24, 2.45) is 0 Å². The Hall–Kier alpha value is -2.53. The van der Waals surface area contributed by atoms with Gasteiger partial charge in [0.05, 0.1) is 0 Å². The first kappa shape index (κ1) is 23.1. The second-order valence-electron chi connectivity index (χ2n) is 7.98. The van der Waals surface area contributed by atoms with E-state index in [0.29, 0.717) is 17.2 Å². The van der Waals surface area contributed by atoms with E-state index in [1.165, 1.54) is 6.42 Å². The summed E-state index contributed by atoms with van der Waals surface area (Å²) in [6, 6.07) is 16.2. The van der Waals surface area contributed by atoms with Crippen LogP contribution in [0.5, 0.6) is 5.75 Å². The lowest BCUT2D eigenvalue weighted by Crippen LogP contribution is -2.52. The Labute approximate surface area is 189 Å². The fourth-order valence-electron chi connectivity index (χ4n) is 4.02. The Morgan fingerprint density at radius 2 is 1.74 bits per heavy atom. The van der Waals surface area contributed by atoms with Crippen molar-refractivity contribution < 1.29 is 14.3 Å². The summed E-state index contributed by atoms with van der Waals surface area (Å²) in [5.41, 5.74) is 0.807. The molecule has 0 unspecified atom stereocenters. The summed E-state index contributed by atoms with van der Waals surface area (Å²) in [6.07, 6.45) is 6.00. The minimum Gasteiger partial charge on any atom is -0.484 e. The Balaban J connectivity index is 1.75. The fraction of sp³-hybridized carbons (Fsp3) is 0.440. The van der Waals surface area contributed by atoms with E-state index in [4.69, 9.17) is 16.3 Å². The SMILES string of the molecule is CC[C@@H](C(=O)NC1CCCCC1)N(Cc1ccccc1Cl)C(=O)COc1ccccc1. The number of carbonyl (C=O) groups is 2. The number of hydrogen-bond acceptors (Lipinski definition) is 3. The van der Waals surface area contributed by atoms with E-state index >= 15 is 0 Å². The van der Waals surface area contributed by atoms with E-state index < -0.39 is 6.04 Å². The molecule has 0 aromatic heterocycles. The van der Waals surface area contributed by atoms with E-state index in [0.717, 1.165) is 31.2 Å². The predicted molar refractivity (Wildman–Crippen MR) is 123 cm³/mol. The van der Waals surface area contributed by atoms with Gasteiger partial charge in [0, 0.05) is 17.6 Å². The van der Waals surface area contributed by atoms with E-state index in [2.05, 4.69) is 5.32 Å². The molecule has 5 nitrogen and oxygen atoms in total. The molecular weight excluding hydrogens is 412 g/mol. The minimum absolute atomic E-state index is 0.102. The predicted octanol–water partition coefficient (Wildman–Crippen LogP) is 4.98. The quantitative estimate of drug-likeness (QED) is 0.596. The second kappa shape index (κ2) is 11.8. The largest absolute Gasteiger partial charge is 0.484 e. The van der Waals surface area contributed by atoms with Gasteiger partial charge in [-0.3, -0.25) is 9.59 Å². The number of para-hydroxylation sites is 1. The Kier molecular flexibility index (Phi) is 8.77. The van der Waals surface area contributed by atoms with Crippen LogP contribution in [0.3, 0.4) is 0 Å². The van der Waals surface area contributed by atoms with Crippen molar-refractivity contribution in [1.29, 1.82) is 0 Å². The maximum atomic E-state index is 13.2. The molecule has 1 N–H and O–H groups in total. The number of nitrogens with zero attached hydrogens (tertiary/aromatic N) is 1. The maximum Gasteiger partial charge on any atom is 0.261 e. The third-order valence-corrected chi connectivity index (χ3v) is 6.11. The highest BCUT2D eigenvalue weighted by atomic mass is 35.5. The van der Waals surface area contributed by atoms with Crippen molar-refractivity contribution in [1.82, 2.24) is 10.2 Å². The monoisotopic (exact) mass is 442 g/mol. The van der Waals surface area contributed by atoms with Gasteiger partial charge in [-0.25, -0.2) is 0 Å². The molecule has 31 heavy (non-hydrogen) atoms.